The SMILES string of the molecule is CN(C(=O)c1sccc1C=CC(=O)O)C1CCOCC1. The fourth-order valence-electron chi connectivity index (χ4n) is 2.18. The highest BCUT2D eigenvalue weighted by Gasteiger charge is 2.25. The summed E-state index contributed by atoms with van der Waals surface area (Å²) in [6.07, 6.45) is 4.19. The highest BCUT2D eigenvalue weighted by molar-refractivity contribution is 7.12. The van der Waals surface area contributed by atoms with Gasteiger partial charge in [-0.15, -0.1) is 11.3 Å². The molecular formula is C14H17NO4S. The topological polar surface area (TPSA) is 66.8 Å². The molecule has 0 atom stereocenters. The summed E-state index contributed by atoms with van der Waals surface area (Å²) in [4.78, 5) is 25.4. The van der Waals surface area contributed by atoms with Crippen LogP contribution < -0.4 is 0 Å². The molecular weight excluding hydrogens is 278 g/mol. The summed E-state index contributed by atoms with van der Waals surface area (Å²) in [7, 11) is 1.79. The summed E-state index contributed by atoms with van der Waals surface area (Å²) < 4.78 is 5.30. The summed E-state index contributed by atoms with van der Waals surface area (Å²) in [6, 6.07) is 1.95. The van der Waals surface area contributed by atoms with Crippen LogP contribution in [0.15, 0.2) is 17.5 Å². The van der Waals surface area contributed by atoms with E-state index in [1.54, 1.807) is 23.4 Å². The molecule has 108 valence electrons. The first kappa shape index (κ1) is 14.7. The molecule has 1 N–H and O–H groups in total. The third-order valence-electron chi connectivity index (χ3n) is 3.35. The molecule has 1 aliphatic heterocycles. The number of carboxylic acid groups (broad SMARTS) is 1. The standard InChI is InChI=1S/C14H17NO4S/c1-15(11-4-7-19-8-5-11)14(18)13-10(6-9-20-13)2-3-12(16)17/h2-3,6,9,11H,4-5,7-8H2,1H3,(H,16,17). The van der Waals surface area contributed by atoms with Crippen molar-refractivity contribution in [2.75, 3.05) is 20.3 Å². The number of amides is 1. The minimum Gasteiger partial charge on any atom is -0.478 e. The summed E-state index contributed by atoms with van der Waals surface area (Å²) in [5.74, 6) is -1.08. The molecule has 1 fully saturated rings. The molecule has 20 heavy (non-hydrogen) atoms. The fraction of sp³-hybridized carbons (Fsp3) is 0.429. The van der Waals surface area contributed by atoms with Crippen molar-refractivity contribution in [2.24, 2.45) is 0 Å². The van der Waals surface area contributed by atoms with Gasteiger partial charge in [0, 0.05) is 32.4 Å². The largest absolute Gasteiger partial charge is 0.478 e. The quantitative estimate of drug-likeness (QED) is 0.864. The number of thiophene rings is 1. The molecule has 1 aromatic heterocycles. The van der Waals surface area contributed by atoms with E-state index in [1.807, 2.05) is 0 Å². The first-order valence-corrected chi connectivity index (χ1v) is 7.31. The van der Waals surface area contributed by atoms with Gasteiger partial charge in [0.15, 0.2) is 0 Å². The Bertz CT molecular complexity index is 517. The van der Waals surface area contributed by atoms with Gasteiger partial charge in [0.25, 0.3) is 5.91 Å². The van der Waals surface area contributed by atoms with Gasteiger partial charge in [0.2, 0.25) is 0 Å². The number of hydrogen-bond acceptors (Lipinski definition) is 4. The maximum atomic E-state index is 12.5. The van der Waals surface area contributed by atoms with E-state index in [1.165, 1.54) is 17.4 Å². The number of carboxylic acids is 1. The maximum Gasteiger partial charge on any atom is 0.328 e. The van der Waals surface area contributed by atoms with E-state index >= 15 is 0 Å². The Hall–Kier alpha value is -1.66. The maximum absolute atomic E-state index is 12.5. The Morgan fingerprint density at radius 3 is 2.80 bits per heavy atom. The zero-order chi connectivity index (χ0) is 14.5. The van der Waals surface area contributed by atoms with Crippen molar-refractivity contribution in [1.82, 2.24) is 4.90 Å². The van der Waals surface area contributed by atoms with Gasteiger partial charge in [0.05, 0.1) is 4.88 Å². The lowest BCUT2D eigenvalue weighted by atomic mass is 10.1. The van der Waals surface area contributed by atoms with E-state index in [0.717, 1.165) is 18.9 Å². The van der Waals surface area contributed by atoms with Crippen LogP contribution in [-0.4, -0.2) is 48.2 Å². The van der Waals surface area contributed by atoms with Gasteiger partial charge in [-0.05, 0) is 35.9 Å². The Morgan fingerprint density at radius 1 is 1.45 bits per heavy atom. The molecule has 5 nitrogen and oxygen atoms in total. The van der Waals surface area contributed by atoms with Crippen molar-refractivity contribution in [3.05, 3.63) is 28.0 Å². The first-order valence-electron chi connectivity index (χ1n) is 6.43. The van der Waals surface area contributed by atoms with Crippen LogP contribution in [0.25, 0.3) is 6.08 Å². The van der Waals surface area contributed by atoms with Crippen molar-refractivity contribution in [3.8, 4) is 0 Å². The second kappa shape index (κ2) is 6.67. The van der Waals surface area contributed by atoms with Crippen LogP contribution in [0.3, 0.4) is 0 Å². The van der Waals surface area contributed by atoms with Gasteiger partial charge >= 0.3 is 5.97 Å². The van der Waals surface area contributed by atoms with E-state index in [0.29, 0.717) is 23.7 Å². The Labute approximate surface area is 121 Å². The fourth-order valence-corrected chi connectivity index (χ4v) is 3.05. The number of aliphatic carboxylic acids is 1. The van der Waals surface area contributed by atoms with Crippen molar-refractivity contribution < 1.29 is 19.4 Å². The number of ether oxygens (including phenoxy) is 1. The molecule has 1 amide bonds. The van der Waals surface area contributed by atoms with Crippen LogP contribution in [0.4, 0.5) is 0 Å². The molecule has 2 heterocycles. The second-order valence-electron chi connectivity index (χ2n) is 4.64. The van der Waals surface area contributed by atoms with E-state index in [4.69, 9.17) is 9.84 Å². The predicted octanol–water partition coefficient (Wildman–Crippen LogP) is 2.10. The smallest absolute Gasteiger partial charge is 0.328 e. The van der Waals surface area contributed by atoms with Gasteiger partial charge in [0.1, 0.15) is 0 Å². The van der Waals surface area contributed by atoms with Crippen LogP contribution in [0, 0.1) is 0 Å². The van der Waals surface area contributed by atoms with Crippen LogP contribution in [0.5, 0.6) is 0 Å². The van der Waals surface area contributed by atoms with Gasteiger partial charge < -0.3 is 14.7 Å². The Kier molecular flexibility index (Phi) is 4.92. The van der Waals surface area contributed by atoms with Crippen molar-refractivity contribution in [2.45, 2.75) is 18.9 Å². The molecule has 0 radical (unpaired) electrons. The van der Waals surface area contributed by atoms with Gasteiger partial charge in [-0.25, -0.2) is 4.79 Å². The summed E-state index contributed by atoms with van der Waals surface area (Å²) in [5.41, 5.74) is 0.654. The van der Waals surface area contributed by atoms with Crippen molar-refractivity contribution >= 4 is 29.3 Å². The number of hydrogen-bond donors (Lipinski definition) is 1. The number of carbonyl (C=O) groups is 2. The molecule has 0 bridgehead atoms. The van der Waals surface area contributed by atoms with Crippen LogP contribution in [0.1, 0.15) is 28.1 Å². The number of carbonyl (C=O) groups excluding carboxylic acids is 1. The molecule has 1 aromatic rings. The molecule has 0 aliphatic carbocycles. The minimum absolute atomic E-state index is 0.0584. The van der Waals surface area contributed by atoms with Crippen molar-refractivity contribution in [1.29, 1.82) is 0 Å². The monoisotopic (exact) mass is 295 g/mol. The third-order valence-corrected chi connectivity index (χ3v) is 4.27. The number of nitrogens with zero attached hydrogens (tertiary/aromatic N) is 1. The molecule has 0 saturated carbocycles. The zero-order valence-electron chi connectivity index (χ0n) is 11.2. The molecule has 0 spiro atoms. The van der Waals surface area contributed by atoms with E-state index < -0.39 is 5.97 Å². The van der Waals surface area contributed by atoms with Crippen molar-refractivity contribution in [3.63, 3.8) is 0 Å². The number of rotatable bonds is 4. The molecule has 2 rings (SSSR count). The first-order chi connectivity index (χ1) is 9.59. The molecule has 0 aromatic carbocycles. The highest BCUT2D eigenvalue weighted by atomic mass is 32.1. The average molecular weight is 295 g/mol. The average Bonchev–Trinajstić information content (AvgIpc) is 2.93. The normalized spacial score (nSPS) is 16.4. The molecule has 1 saturated heterocycles. The van der Waals surface area contributed by atoms with Crippen LogP contribution in [-0.2, 0) is 9.53 Å². The van der Waals surface area contributed by atoms with Crippen LogP contribution >= 0.6 is 11.3 Å². The Morgan fingerprint density at radius 2 is 2.15 bits per heavy atom. The third kappa shape index (κ3) is 3.46. The van der Waals surface area contributed by atoms with E-state index in [9.17, 15) is 9.59 Å². The second-order valence-corrected chi connectivity index (χ2v) is 5.55. The van der Waals surface area contributed by atoms with E-state index in [2.05, 4.69) is 0 Å². The van der Waals surface area contributed by atoms with Gasteiger partial charge in [-0.3, -0.25) is 4.79 Å². The van der Waals surface area contributed by atoms with Crippen LogP contribution in [0.2, 0.25) is 0 Å². The highest BCUT2D eigenvalue weighted by Crippen LogP contribution is 2.23. The lowest BCUT2D eigenvalue weighted by Gasteiger charge is -2.31. The van der Waals surface area contributed by atoms with Gasteiger partial charge in [-0.2, -0.15) is 0 Å². The molecule has 0 unspecified atom stereocenters. The zero-order valence-corrected chi connectivity index (χ0v) is 12.1. The summed E-state index contributed by atoms with van der Waals surface area (Å²) in [6.45, 7) is 1.36. The van der Waals surface area contributed by atoms with Gasteiger partial charge in [-0.1, -0.05) is 0 Å². The molecule has 1 aliphatic rings. The Balaban J connectivity index is 2.12. The lowest BCUT2D eigenvalue weighted by Crippen LogP contribution is -2.40. The molecule has 6 heteroatoms. The summed E-state index contributed by atoms with van der Waals surface area (Å²) in [5, 5.41) is 10.5. The van der Waals surface area contributed by atoms with E-state index in [-0.39, 0.29) is 11.9 Å². The lowest BCUT2D eigenvalue weighted by molar-refractivity contribution is -0.131. The summed E-state index contributed by atoms with van der Waals surface area (Å²) >= 11 is 1.34. The minimum atomic E-state index is -1.02. The predicted molar refractivity (Wildman–Crippen MR) is 76.9 cm³/mol.